The molecule has 2 heterocycles. The van der Waals surface area contributed by atoms with Crippen molar-refractivity contribution in [3.8, 4) is 11.1 Å². The number of halogens is 3. The first-order valence-electron chi connectivity index (χ1n) is 9.95. The van der Waals surface area contributed by atoms with Gasteiger partial charge in [0.2, 0.25) is 0 Å². The average Bonchev–Trinajstić information content (AvgIpc) is 3.10. The molecule has 0 spiro atoms. The molecule has 0 unspecified atom stereocenters. The molecule has 1 fully saturated rings. The van der Waals surface area contributed by atoms with Crippen LogP contribution in [0.3, 0.4) is 0 Å². The molecule has 10 heteroatoms. The normalized spacial score (nSPS) is 19.5. The topological polar surface area (TPSA) is 99.5 Å². The van der Waals surface area contributed by atoms with E-state index in [0.29, 0.717) is 17.4 Å². The van der Waals surface area contributed by atoms with Crippen molar-refractivity contribution in [2.45, 2.75) is 50.9 Å². The van der Waals surface area contributed by atoms with Crippen LogP contribution < -0.4 is 10.9 Å². The Morgan fingerprint density at radius 2 is 1.90 bits per heavy atom. The molecule has 0 radical (unpaired) electrons. The molecule has 31 heavy (non-hydrogen) atoms. The van der Waals surface area contributed by atoms with Crippen LogP contribution >= 0.6 is 0 Å². The quantitative estimate of drug-likeness (QED) is 0.590. The second-order valence-electron chi connectivity index (χ2n) is 7.71. The fourth-order valence-electron chi connectivity index (χ4n) is 4.05. The molecule has 164 valence electrons. The van der Waals surface area contributed by atoms with Gasteiger partial charge in [-0.25, -0.2) is 0 Å². The number of hydrogen-bond donors (Lipinski definition) is 3. The van der Waals surface area contributed by atoms with Crippen LogP contribution in [0.1, 0.15) is 47.4 Å². The van der Waals surface area contributed by atoms with Crippen LogP contribution in [0.25, 0.3) is 16.8 Å². The first kappa shape index (κ1) is 21.1. The van der Waals surface area contributed by atoms with E-state index in [4.69, 9.17) is 0 Å². The van der Waals surface area contributed by atoms with E-state index in [2.05, 4.69) is 15.4 Å². The Kier molecular flexibility index (Phi) is 5.34. The molecular formula is C21H21F3N4O3. The number of carbonyl (C=O) groups excluding carboxylic acids is 1. The van der Waals surface area contributed by atoms with Crippen LogP contribution in [0, 0.1) is 6.92 Å². The highest BCUT2D eigenvalue weighted by atomic mass is 19.4. The number of benzene rings is 1. The molecule has 2 aromatic heterocycles. The van der Waals surface area contributed by atoms with E-state index < -0.39 is 35.5 Å². The largest absolute Gasteiger partial charge is 0.435 e. The van der Waals surface area contributed by atoms with Gasteiger partial charge >= 0.3 is 6.18 Å². The molecule has 2 atom stereocenters. The Labute approximate surface area is 174 Å². The lowest BCUT2D eigenvalue weighted by Crippen LogP contribution is -2.46. The summed E-state index contributed by atoms with van der Waals surface area (Å²) in [7, 11) is 0. The maximum atomic E-state index is 13.7. The SMILES string of the molecule is Cc1[nH]c2c(-c3ccccc3)c(C(F)(F)F)nn2c(=O)c1C(=O)N[C@H]1CCCC[C@H]1O. The van der Waals surface area contributed by atoms with Crippen LogP contribution in [0.15, 0.2) is 35.1 Å². The highest BCUT2D eigenvalue weighted by Crippen LogP contribution is 2.38. The third-order valence-corrected chi connectivity index (χ3v) is 5.58. The minimum Gasteiger partial charge on any atom is -0.391 e. The summed E-state index contributed by atoms with van der Waals surface area (Å²) in [4.78, 5) is 28.6. The lowest BCUT2D eigenvalue weighted by atomic mass is 9.92. The fourth-order valence-corrected chi connectivity index (χ4v) is 4.05. The van der Waals surface area contributed by atoms with Crippen LogP contribution in [-0.2, 0) is 6.18 Å². The van der Waals surface area contributed by atoms with Crippen molar-refractivity contribution in [3.05, 3.63) is 57.6 Å². The number of amides is 1. The fraction of sp³-hybridized carbons (Fsp3) is 0.381. The predicted molar refractivity (Wildman–Crippen MR) is 107 cm³/mol. The number of nitrogens with one attached hydrogen (secondary N) is 2. The zero-order valence-electron chi connectivity index (χ0n) is 16.7. The van der Waals surface area contributed by atoms with Crippen molar-refractivity contribution in [1.82, 2.24) is 19.9 Å². The molecule has 0 bridgehead atoms. The molecule has 3 N–H and O–H groups in total. The van der Waals surface area contributed by atoms with Crippen molar-refractivity contribution in [1.29, 1.82) is 0 Å². The van der Waals surface area contributed by atoms with Crippen molar-refractivity contribution in [3.63, 3.8) is 0 Å². The summed E-state index contributed by atoms with van der Waals surface area (Å²) in [5.41, 5.74) is -2.55. The Balaban J connectivity index is 1.86. The second kappa shape index (κ2) is 7.84. The number of rotatable bonds is 3. The molecule has 1 aliphatic rings. The molecule has 0 saturated heterocycles. The van der Waals surface area contributed by atoms with E-state index >= 15 is 0 Å². The smallest absolute Gasteiger partial charge is 0.391 e. The molecule has 1 aromatic carbocycles. The third-order valence-electron chi connectivity index (χ3n) is 5.58. The van der Waals surface area contributed by atoms with Gasteiger partial charge < -0.3 is 15.4 Å². The first-order chi connectivity index (χ1) is 14.7. The second-order valence-corrected chi connectivity index (χ2v) is 7.71. The van der Waals surface area contributed by atoms with E-state index in [-0.39, 0.29) is 28.0 Å². The highest BCUT2D eigenvalue weighted by Gasteiger charge is 2.39. The summed E-state index contributed by atoms with van der Waals surface area (Å²) in [5, 5.41) is 16.3. The van der Waals surface area contributed by atoms with Crippen LogP contribution in [-0.4, -0.2) is 37.8 Å². The van der Waals surface area contributed by atoms with Gasteiger partial charge in [-0.3, -0.25) is 9.59 Å². The number of hydrogen-bond acceptors (Lipinski definition) is 4. The van der Waals surface area contributed by atoms with Gasteiger partial charge in [0.15, 0.2) is 5.69 Å². The lowest BCUT2D eigenvalue weighted by Gasteiger charge is -2.28. The summed E-state index contributed by atoms with van der Waals surface area (Å²) in [6, 6.07) is 7.30. The summed E-state index contributed by atoms with van der Waals surface area (Å²) >= 11 is 0. The Morgan fingerprint density at radius 3 is 2.55 bits per heavy atom. The number of fused-ring (bicyclic) bond motifs is 1. The predicted octanol–water partition coefficient (Wildman–Crippen LogP) is 3.05. The number of nitrogens with zero attached hydrogens (tertiary/aromatic N) is 2. The van der Waals surface area contributed by atoms with E-state index in [1.165, 1.54) is 19.1 Å². The maximum Gasteiger partial charge on any atom is 0.435 e. The molecule has 7 nitrogen and oxygen atoms in total. The van der Waals surface area contributed by atoms with Gasteiger partial charge in [0.25, 0.3) is 11.5 Å². The zero-order valence-corrected chi connectivity index (χ0v) is 16.7. The van der Waals surface area contributed by atoms with Crippen molar-refractivity contribution in [2.24, 2.45) is 0 Å². The number of aliphatic hydroxyl groups excluding tert-OH is 1. The Morgan fingerprint density at radius 1 is 1.23 bits per heavy atom. The van der Waals surface area contributed by atoms with Crippen molar-refractivity contribution < 1.29 is 23.1 Å². The molecule has 0 aliphatic heterocycles. The Bertz CT molecular complexity index is 1180. The summed E-state index contributed by atoms with van der Waals surface area (Å²) in [6.45, 7) is 1.45. The molecule has 1 saturated carbocycles. The van der Waals surface area contributed by atoms with E-state index in [1.54, 1.807) is 18.2 Å². The number of alkyl halides is 3. The maximum absolute atomic E-state index is 13.7. The van der Waals surface area contributed by atoms with E-state index in [0.717, 1.165) is 12.8 Å². The van der Waals surface area contributed by atoms with Gasteiger partial charge in [-0.15, -0.1) is 0 Å². The first-order valence-corrected chi connectivity index (χ1v) is 9.95. The van der Waals surface area contributed by atoms with Gasteiger partial charge in [0.05, 0.1) is 17.7 Å². The van der Waals surface area contributed by atoms with Gasteiger partial charge in [-0.1, -0.05) is 43.2 Å². The number of aromatic nitrogens is 3. The van der Waals surface area contributed by atoms with Crippen LogP contribution in [0.5, 0.6) is 0 Å². The highest BCUT2D eigenvalue weighted by molar-refractivity contribution is 5.95. The molecule has 1 aliphatic carbocycles. The van der Waals surface area contributed by atoms with E-state index in [1.807, 2.05) is 0 Å². The molecular weight excluding hydrogens is 413 g/mol. The number of carbonyl (C=O) groups is 1. The van der Waals surface area contributed by atoms with Crippen LogP contribution in [0.2, 0.25) is 0 Å². The minimum absolute atomic E-state index is 0.117. The lowest BCUT2D eigenvalue weighted by molar-refractivity contribution is -0.140. The molecule has 4 rings (SSSR count). The minimum atomic E-state index is -4.81. The van der Waals surface area contributed by atoms with Gasteiger partial charge in [-0.2, -0.15) is 22.8 Å². The van der Waals surface area contributed by atoms with Gasteiger partial charge in [0.1, 0.15) is 11.2 Å². The summed E-state index contributed by atoms with van der Waals surface area (Å²) in [5.74, 6) is -0.753. The summed E-state index contributed by atoms with van der Waals surface area (Å²) in [6.07, 6.45) is -2.77. The number of H-pyrrole nitrogens is 1. The van der Waals surface area contributed by atoms with Crippen LogP contribution in [0.4, 0.5) is 13.2 Å². The standard InChI is InChI=1S/C21H21F3N4O3/c1-11-15(19(30)26-13-9-5-6-10-14(13)29)20(31)28-18(25-11)16(12-7-3-2-4-8-12)17(27-28)21(22,23)24/h2-4,7-8,13-14,25,29H,5-6,9-10H2,1H3,(H,26,30)/t13-,14+/m0/s1. The molecule has 1 amide bonds. The van der Waals surface area contributed by atoms with Crippen molar-refractivity contribution >= 4 is 11.6 Å². The third kappa shape index (κ3) is 3.83. The van der Waals surface area contributed by atoms with Crippen molar-refractivity contribution in [2.75, 3.05) is 0 Å². The number of aryl methyl sites for hydroxylation is 1. The van der Waals surface area contributed by atoms with Gasteiger partial charge in [-0.05, 0) is 25.3 Å². The monoisotopic (exact) mass is 434 g/mol. The zero-order chi connectivity index (χ0) is 22.3. The Hall–Kier alpha value is -3.14. The number of aromatic amines is 1. The van der Waals surface area contributed by atoms with E-state index in [9.17, 15) is 27.9 Å². The van der Waals surface area contributed by atoms with Gasteiger partial charge in [0, 0.05) is 5.69 Å². The molecule has 3 aromatic rings. The summed E-state index contributed by atoms with van der Waals surface area (Å²) < 4.78 is 41.7. The number of aliphatic hydroxyl groups is 1. The average molecular weight is 434 g/mol.